The Morgan fingerprint density at radius 2 is 1.95 bits per heavy atom. The first-order valence-corrected chi connectivity index (χ1v) is 7.68. The van der Waals surface area contributed by atoms with Crippen LogP contribution in [0.3, 0.4) is 0 Å². The number of aryl methyl sites for hydroxylation is 1. The maximum absolute atomic E-state index is 12.7. The molecule has 1 N–H and O–H groups in total. The number of furan rings is 1. The van der Waals surface area contributed by atoms with Gasteiger partial charge in [0.2, 0.25) is 0 Å². The van der Waals surface area contributed by atoms with Crippen molar-refractivity contribution in [2.24, 2.45) is 0 Å². The number of carbonyl (C=O) groups is 1. The Kier molecular flexibility index (Phi) is 3.19. The third-order valence-electron chi connectivity index (χ3n) is 4.39. The second-order valence-corrected chi connectivity index (χ2v) is 5.74. The van der Waals surface area contributed by atoms with Crippen LogP contribution in [-0.2, 0) is 6.42 Å². The van der Waals surface area contributed by atoms with E-state index >= 15 is 0 Å². The number of hydrogen-bond donors (Lipinski definition) is 1. The maximum atomic E-state index is 12.7. The zero-order valence-electron chi connectivity index (χ0n) is 12.2. The van der Waals surface area contributed by atoms with Gasteiger partial charge in [0, 0.05) is 17.5 Å². The number of carbonyl (C=O) groups excluding carboxylic acids is 1. The van der Waals surface area contributed by atoms with Crippen LogP contribution in [0.1, 0.15) is 40.6 Å². The molecule has 4 rings (SSSR count). The minimum absolute atomic E-state index is 0.0177. The average molecular weight is 291 g/mol. The number of nitrogens with one attached hydrogen (secondary N) is 1. The molecular weight excluding hydrogens is 274 g/mol. The Hall–Kier alpha value is -2.55. The molecule has 0 saturated carbocycles. The molecule has 1 aromatic heterocycles. The molecule has 1 heterocycles. The summed E-state index contributed by atoms with van der Waals surface area (Å²) in [5.41, 5.74) is 1.86. The Morgan fingerprint density at radius 1 is 1.09 bits per heavy atom. The number of rotatable bonds is 2. The Morgan fingerprint density at radius 3 is 2.91 bits per heavy atom. The summed E-state index contributed by atoms with van der Waals surface area (Å²) in [6.45, 7) is 0. The number of fused-ring (bicyclic) bond motifs is 2. The van der Waals surface area contributed by atoms with Gasteiger partial charge < -0.3 is 9.73 Å². The molecule has 0 saturated heterocycles. The van der Waals surface area contributed by atoms with Crippen LogP contribution in [0.15, 0.2) is 59.2 Å². The third kappa shape index (κ3) is 2.19. The van der Waals surface area contributed by atoms with Crippen LogP contribution in [0, 0.1) is 0 Å². The first-order chi connectivity index (χ1) is 10.8. The molecule has 1 unspecified atom stereocenters. The van der Waals surface area contributed by atoms with Crippen molar-refractivity contribution in [3.05, 3.63) is 71.7 Å². The summed E-state index contributed by atoms with van der Waals surface area (Å²) in [4.78, 5) is 12.7. The van der Waals surface area contributed by atoms with Crippen molar-refractivity contribution < 1.29 is 9.21 Å². The first kappa shape index (κ1) is 13.1. The lowest BCUT2D eigenvalue weighted by molar-refractivity contribution is 0.0934. The third-order valence-corrected chi connectivity index (χ3v) is 4.39. The van der Waals surface area contributed by atoms with Gasteiger partial charge in [-0.2, -0.15) is 0 Å². The largest absolute Gasteiger partial charge is 0.469 e. The van der Waals surface area contributed by atoms with E-state index in [-0.39, 0.29) is 11.9 Å². The highest BCUT2D eigenvalue weighted by atomic mass is 16.3. The second kappa shape index (κ2) is 5.34. The van der Waals surface area contributed by atoms with Crippen molar-refractivity contribution in [1.29, 1.82) is 0 Å². The van der Waals surface area contributed by atoms with E-state index in [0.717, 1.165) is 46.9 Å². The normalized spacial score (nSPS) is 17.2. The van der Waals surface area contributed by atoms with Crippen molar-refractivity contribution in [2.45, 2.75) is 25.3 Å². The molecule has 3 nitrogen and oxygen atoms in total. The zero-order chi connectivity index (χ0) is 14.9. The molecule has 0 bridgehead atoms. The van der Waals surface area contributed by atoms with Gasteiger partial charge in [0.1, 0.15) is 5.76 Å². The molecule has 0 fully saturated rings. The molecule has 1 amide bonds. The van der Waals surface area contributed by atoms with E-state index in [2.05, 4.69) is 5.32 Å². The van der Waals surface area contributed by atoms with Crippen LogP contribution < -0.4 is 5.32 Å². The quantitative estimate of drug-likeness (QED) is 0.767. The Balaban J connectivity index is 1.66. The van der Waals surface area contributed by atoms with Crippen LogP contribution in [0.4, 0.5) is 0 Å². The lowest BCUT2D eigenvalue weighted by Gasteiger charge is -2.23. The highest BCUT2D eigenvalue weighted by Gasteiger charge is 2.24. The van der Waals surface area contributed by atoms with Crippen LogP contribution in [0.5, 0.6) is 0 Å². The minimum atomic E-state index is -0.0177. The van der Waals surface area contributed by atoms with Gasteiger partial charge in [-0.1, -0.05) is 36.4 Å². The van der Waals surface area contributed by atoms with Gasteiger partial charge in [0.05, 0.1) is 12.3 Å². The standard InChI is InChI=1S/C19H17NO2/c21-19(15-8-3-6-13-5-1-2-7-14(13)15)20-17-9-4-10-18-16(17)11-12-22-18/h1-3,5-8,11-12,17H,4,9-10H2,(H,20,21). The first-order valence-electron chi connectivity index (χ1n) is 7.68. The molecule has 3 heteroatoms. The summed E-state index contributed by atoms with van der Waals surface area (Å²) in [6.07, 6.45) is 4.68. The zero-order valence-corrected chi connectivity index (χ0v) is 12.2. The lowest BCUT2D eigenvalue weighted by Crippen LogP contribution is -2.30. The fourth-order valence-electron chi connectivity index (χ4n) is 3.30. The van der Waals surface area contributed by atoms with Crippen molar-refractivity contribution in [3.63, 3.8) is 0 Å². The molecule has 0 aliphatic heterocycles. The van der Waals surface area contributed by atoms with Crippen molar-refractivity contribution >= 4 is 16.7 Å². The van der Waals surface area contributed by atoms with Crippen molar-refractivity contribution in [1.82, 2.24) is 5.32 Å². The fourth-order valence-corrected chi connectivity index (χ4v) is 3.30. The van der Waals surface area contributed by atoms with E-state index in [0.29, 0.717) is 0 Å². The Bertz CT molecular complexity index is 829. The molecule has 1 aliphatic rings. The van der Waals surface area contributed by atoms with E-state index in [1.54, 1.807) is 6.26 Å². The van der Waals surface area contributed by atoms with E-state index < -0.39 is 0 Å². The Labute approximate surface area is 128 Å². The SMILES string of the molecule is O=C(NC1CCCc2occc21)c1cccc2ccccc12. The van der Waals surface area contributed by atoms with Gasteiger partial charge in [-0.15, -0.1) is 0 Å². The smallest absolute Gasteiger partial charge is 0.252 e. The van der Waals surface area contributed by atoms with E-state index in [1.807, 2.05) is 48.5 Å². The van der Waals surface area contributed by atoms with E-state index in [9.17, 15) is 4.79 Å². The molecule has 0 radical (unpaired) electrons. The highest BCUT2D eigenvalue weighted by Crippen LogP contribution is 2.31. The van der Waals surface area contributed by atoms with Gasteiger partial charge in [-0.05, 0) is 35.7 Å². The number of hydrogen-bond acceptors (Lipinski definition) is 2. The molecule has 110 valence electrons. The van der Waals surface area contributed by atoms with Crippen molar-refractivity contribution in [3.8, 4) is 0 Å². The molecule has 1 aliphatic carbocycles. The number of benzene rings is 2. The molecular formula is C19H17NO2. The summed E-state index contributed by atoms with van der Waals surface area (Å²) in [7, 11) is 0. The van der Waals surface area contributed by atoms with Crippen LogP contribution >= 0.6 is 0 Å². The summed E-state index contributed by atoms with van der Waals surface area (Å²) in [6, 6.07) is 15.8. The fraction of sp³-hybridized carbons (Fsp3) is 0.211. The van der Waals surface area contributed by atoms with E-state index in [1.165, 1.54) is 0 Å². The topological polar surface area (TPSA) is 42.2 Å². The second-order valence-electron chi connectivity index (χ2n) is 5.74. The molecule has 1 atom stereocenters. The van der Waals surface area contributed by atoms with Crippen molar-refractivity contribution in [2.75, 3.05) is 0 Å². The molecule has 2 aromatic carbocycles. The van der Waals surface area contributed by atoms with Gasteiger partial charge >= 0.3 is 0 Å². The summed E-state index contributed by atoms with van der Waals surface area (Å²) in [5.74, 6) is 0.991. The van der Waals surface area contributed by atoms with Crippen LogP contribution in [0.25, 0.3) is 10.8 Å². The van der Waals surface area contributed by atoms with Crippen LogP contribution in [0.2, 0.25) is 0 Å². The van der Waals surface area contributed by atoms with E-state index in [4.69, 9.17) is 4.42 Å². The van der Waals surface area contributed by atoms with Gasteiger partial charge in [0.25, 0.3) is 5.91 Å². The summed E-state index contributed by atoms with van der Waals surface area (Å²) >= 11 is 0. The monoisotopic (exact) mass is 291 g/mol. The summed E-state index contributed by atoms with van der Waals surface area (Å²) < 4.78 is 5.49. The van der Waals surface area contributed by atoms with Gasteiger partial charge in [-0.25, -0.2) is 0 Å². The van der Waals surface area contributed by atoms with Crippen LogP contribution in [-0.4, -0.2) is 5.91 Å². The lowest BCUT2D eigenvalue weighted by atomic mass is 9.93. The van der Waals surface area contributed by atoms with Gasteiger partial charge in [-0.3, -0.25) is 4.79 Å². The van der Waals surface area contributed by atoms with Gasteiger partial charge in [0.15, 0.2) is 0 Å². The highest BCUT2D eigenvalue weighted by molar-refractivity contribution is 6.07. The summed E-state index contributed by atoms with van der Waals surface area (Å²) in [5, 5.41) is 5.25. The predicted molar refractivity (Wildman–Crippen MR) is 85.8 cm³/mol. The minimum Gasteiger partial charge on any atom is -0.469 e. The average Bonchev–Trinajstić information content (AvgIpc) is 3.04. The molecule has 3 aromatic rings. The molecule has 22 heavy (non-hydrogen) atoms. The predicted octanol–water partition coefficient (Wildman–Crippen LogP) is 4.24. The molecule has 0 spiro atoms. The number of amides is 1. The maximum Gasteiger partial charge on any atom is 0.252 e.